The molecule has 0 fully saturated rings. The number of rotatable bonds is 4. The Hall–Kier alpha value is -1.69. The average molecular weight is 263 g/mol. The van der Waals surface area contributed by atoms with Crippen LogP contribution in [-0.4, -0.2) is 19.9 Å². The summed E-state index contributed by atoms with van der Waals surface area (Å²) in [6.07, 6.45) is 2.05. The van der Waals surface area contributed by atoms with Crippen LogP contribution in [-0.2, 0) is 25.6 Å². The Balaban J connectivity index is 2.00. The van der Waals surface area contributed by atoms with Crippen LogP contribution in [0.25, 0.3) is 0 Å². The van der Waals surface area contributed by atoms with E-state index in [1.165, 1.54) is 5.56 Å². The number of hydrogen-bond donors (Lipinski definition) is 1. The van der Waals surface area contributed by atoms with Gasteiger partial charge in [-0.1, -0.05) is 25.9 Å². The van der Waals surface area contributed by atoms with E-state index in [4.69, 9.17) is 4.52 Å². The molecule has 0 aliphatic carbocycles. The molecule has 0 saturated heterocycles. The summed E-state index contributed by atoms with van der Waals surface area (Å²) in [6.45, 7) is 9.62. The third-order valence-electron chi connectivity index (χ3n) is 2.78. The zero-order chi connectivity index (χ0) is 14.0. The SMILES string of the molecule is Cc1noc(CNCc2cn(C)nc2C(C)(C)C)n1. The van der Waals surface area contributed by atoms with Gasteiger partial charge >= 0.3 is 0 Å². The van der Waals surface area contributed by atoms with Crippen molar-refractivity contribution in [3.63, 3.8) is 0 Å². The Kier molecular flexibility index (Phi) is 3.71. The van der Waals surface area contributed by atoms with Crippen molar-refractivity contribution in [3.8, 4) is 0 Å². The lowest BCUT2D eigenvalue weighted by molar-refractivity contribution is 0.364. The van der Waals surface area contributed by atoms with Gasteiger partial charge in [0.1, 0.15) is 0 Å². The fourth-order valence-corrected chi connectivity index (χ4v) is 2.01. The van der Waals surface area contributed by atoms with Crippen LogP contribution in [0.4, 0.5) is 0 Å². The van der Waals surface area contributed by atoms with Crippen LogP contribution >= 0.6 is 0 Å². The van der Waals surface area contributed by atoms with Gasteiger partial charge in [-0.3, -0.25) is 4.68 Å². The molecule has 104 valence electrons. The van der Waals surface area contributed by atoms with Crippen molar-refractivity contribution in [1.82, 2.24) is 25.2 Å². The topological polar surface area (TPSA) is 68.8 Å². The van der Waals surface area contributed by atoms with Crippen molar-refractivity contribution in [3.05, 3.63) is 29.2 Å². The molecular weight excluding hydrogens is 242 g/mol. The maximum absolute atomic E-state index is 5.06. The minimum atomic E-state index is 0.0410. The minimum absolute atomic E-state index is 0.0410. The monoisotopic (exact) mass is 263 g/mol. The highest BCUT2D eigenvalue weighted by Gasteiger charge is 2.21. The first-order chi connectivity index (χ1) is 8.86. The van der Waals surface area contributed by atoms with E-state index in [0.29, 0.717) is 18.3 Å². The maximum atomic E-state index is 5.06. The van der Waals surface area contributed by atoms with Crippen LogP contribution in [0.15, 0.2) is 10.7 Å². The van der Waals surface area contributed by atoms with E-state index in [9.17, 15) is 0 Å². The third kappa shape index (κ3) is 3.41. The molecule has 1 N–H and O–H groups in total. The van der Waals surface area contributed by atoms with Crippen molar-refractivity contribution in [2.24, 2.45) is 7.05 Å². The lowest BCUT2D eigenvalue weighted by atomic mass is 9.89. The molecule has 0 unspecified atom stereocenters. The van der Waals surface area contributed by atoms with Gasteiger partial charge in [-0.05, 0) is 6.92 Å². The van der Waals surface area contributed by atoms with E-state index >= 15 is 0 Å². The standard InChI is InChI=1S/C13H21N5O/c1-9-15-11(19-17-9)7-14-6-10-8-18(5)16-12(10)13(2,3)4/h8,14H,6-7H2,1-5H3. The number of aromatic nitrogens is 4. The summed E-state index contributed by atoms with van der Waals surface area (Å²) in [7, 11) is 1.94. The van der Waals surface area contributed by atoms with Gasteiger partial charge in [0.2, 0.25) is 5.89 Å². The molecule has 2 rings (SSSR count). The van der Waals surface area contributed by atoms with Gasteiger partial charge in [-0.25, -0.2) is 0 Å². The lowest BCUT2D eigenvalue weighted by Crippen LogP contribution is -2.19. The molecule has 19 heavy (non-hydrogen) atoms. The summed E-state index contributed by atoms with van der Waals surface area (Å²) in [4.78, 5) is 4.16. The van der Waals surface area contributed by atoms with Gasteiger partial charge in [-0.15, -0.1) is 0 Å². The predicted molar refractivity (Wildman–Crippen MR) is 71.5 cm³/mol. The molecule has 6 nitrogen and oxygen atoms in total. The van der Waals surface area contributed by atoms with Crippen molar-refractivity contribution in [2.45, 2.75) is 46.2 Å². The molecule has 0 amide bonds. The Bertz CT molecular complexity index is 550. The van der Waals surface area contributed by atoms with Gasteiger partial charge in [0.15, 0.2) is 5.82 Å². The third-order valence-corrected chi connectivity index (χ3v) is 2.78. The highest BCUT2D eigenvalue weighted by Crippen LogP contribution is 2.23. The van der Waals surface area contributed by atoms with E-state index in [-0.39, 0.29) is 5.41 Å². The van der Waals surface area contributed by atoms with Crippen molar-refractivity contribution >= 4 is 0 Å². The summed E-state index contributed by atoms with van der Waals surface area (Å²) >= 11 is 0. The van der Waals surface area contributed by atoms with E-state index in [2.05, 4.69) is 41.3 Å². The normalized spacial score (nSPS) is 12.1. The van der Waals surface area contributed by atoms with E-state index in [1.54, 1.807) is 0 Å². The average Bonchev–Trinajstić information content (AvgIpc) is 2.85. The lowest BCUT2D eigenvalue weighted by Gasteiger charge is -2.17. The molecule has 0 spiro atoms. The second-order valence-corrected chi connectivity index (χ2v) is 5.77. The zero-order valence-electron chi connectivity index (χ0n) is 12.2. The van der Waals surface area contributed by atoms with Gasteiger partial charge in [-0.2, -0.15) is 10.1 Å². The van der Waals surface area contributed by atoms with E-state index in [1.807, 2.05) is 24.9 Å². The summed E-state index contributed by atoms with van der Waals surface area (Å²) in [5.74, 6) is 1.27. The Morgan fingerprint density at radius 3 is 2.63 bits per heavy atom. The molecule has 6 heteroatoms. The molecule has 0 aliphatic rings. The molecule has 0 radical (unpaired) electrons. The molecular formula is C13H21N5O. The second kappa shape index (κ2) is 5.13. The van der Waals surface area contributed by atoms with Crippen LogP contribution in [0.5, 0.6) is 0 Å². The van der Waals surface area contributed by atoms with Crippen LogP contribution in [0.2, 0.25) is 0 Å². The number of hydrogen-bond acceptors (Lipinski definition) is 5. The van der Waals surface area contributed by atoms with Crippen LogP contribution in [0.1, 0.15) is 43.7 Å². The Morgan fingerprint density at radius 2 is 2.05 bits per heavy atom. The summed E-state index contributed by atoms with van der Waals surface area (Å²) in [5, 5.41) is 11.6. The van der Waals surface area contributed by atoms with E-state index in [0.717, 1.165) is 12.2 Å². The van der Waals surface area contributed by atoms with Gasteiger partial charge in [0.25, 0.3) is 0 Å². The maximum Gasteiger partial charge on any atom is 0.240 e. The van der Waals surface area contributed by atoms with Crippen LogP contribution < -0.4 is 5.32 Å². The predicted octanol–water partition coefficient (Wildman–Crippen LogP) is 1.70. The molecule has 0 saturated carbocycles. The fraction of sp³-hybridized carbons (Fsp3) is 0.615. The Labute approximate surface area is 113 Å². The molecule has 2 aromatic heterocycles. The smallest absolute Gasteiger partial charge is 0.240 e. The van der Waals surface area contributed by atoms with Crippen LogP contribution in [0.3, 0.4) is 0 Å². The highest BCUT2D eigenvalue weighted by atomic mass is 16.5. The molecule has 0 bridgehead atoms. The fourth-order valence-electron chi connectivity index (χ4n) is 2.01. The van der Waals surface area contributed by atoms with Crippen molar-refractivity contribution in [2.75, 3.05) is 0 Å². The molecule has 2 heterocycles. The summed E-state index contributed by atoms with van der Waals surface area (Å²) in [5.41, 5.74) is 2.36. The van der Waals surface area contributed by atoms with Crippen LogP contribution in [0, 0.1) is 6.92 Å². The van der Waals surface area contributed by atoms with Crippen molar-refractivity contribution in [1.29, 1.82) is 0 Å². The first-order valence-corrected chi connectivity index (χ1v) is 6.39. The van der Waals surface area contributed by atoms with Gasteiger partial charge in [0, 0.05) is 30.8 Å². The molecule has 0 aliphatic heterocycles. The number of aryl methyl sites for hydroxylation is 2. The summed E-state index contributed by atoms with van der Waals surface area (Å²) < 4.78 is 6.92. The zero-order valence-corrected chi connectivity index (χ0v) is 12.2. The molecule has 0 atom stereocenters. The quantitative estimate of drug-likeness (QED) is 0.909. The first kappa shape index (κ1) is 13.7. The van der Waals surface area contributed by atoms with E-state index < -0.39 is 0 Å². The molecule has 0 aromatic carbocycles. The number of nitrogens with zero attached hydrogens (tertiary/aromatic N) is 4. The Morgan fingerprint density at radius 1 is 1.32 bits per heavy atom. The molecule has 2 aromatic rings. The van der Waals surface area contributed by atoms with Crippen molar-refractivity contribution < 1.29 is 4.52 Å². The van der Waals surface area contributed by atoms with Gasteiger partial charge < -0.3 is 9.84 Å². The summed E-state index contributed by atoms with van der Waals surface area (Å²) in [6, 6.07) is 0. The highest BCUT2D eigenvalue weighted by molar-refractivity contribution is 5.23. The minimum Gasteiger partial charge on any atom is -0.338 e. The largest absolute Gasteiger partial charge is 0.338 e. The first-order valence-electron chi connectivity index (χ1n) is 6.39. The van der Waals surface area contributed by atoms with Gasteiger partial charge in [0.05, 0.1) is 12.2 Å². The second-order valence-electron chi connectivity index (χ2n) is 5.77. The number of nitrogens with one attached hydrogen (secondary N) is 1.